The predicted octanol–water partition coefficient (Wildman–Crippen LogP) is 5.37. The first-order valence-electron chi connectivity index (χ1n) is 9.99. The molecule has 0 atom stereocenters. The van der Waals surface area contributed by atoms with Gasteiger partial charge in [-0.2, -0.15) is 0 Å². The molecule has 1 aromatic heterocycles. The minimum absolute atomic E-state index is 0.0857. The lowest BCUT2D eigenvalue weighted by Crippen LogP contribution is -2.30. The Hall–Kier alpha value is -2.84. The Balaban J connectivity index is 1.19. The largest absolute Gasteiger partial charge is 0.302 e. The second-order valence-corrected chi connectivity index (χ2v) is 8.98. The van der Waals surface area contributed by atoms with E-state index < -0.39 is 0 Å². The lowest BCUT2D eigenvalue weighted by Gasteiger charge is -2.13. The van der Waals surface area contributed by atoms with Crippen LogP contribution in [-0.2, 0) is 4.79 Å². The van der Waals surface area contributed by atoms with E-state index in [-0.39, 0.29) is 17.7 Å². The molecular formula is C23H20BrN3O3S. The predicted molar refractivity (Wildman–Crippen MR) is 124 cm³/mol. The van der Waals surface area contributed by atoms with Gasteiger partial charge in [-0.3, -0.25) is 19.3 Å². The van der Waals surface area contributed by atoms with Gasteiger partial charge in [0.2, 0.25) is 5.91 Å². The number of thiazole rings is 1. The zero-order chi connectivity index (χ0) is 21.8. The fourth-order valence-corrected chi connectivity index (χ4v) is 4.44. The Morgan fingerprint density at radius 2 is 1.65 bits per heavy atom. The van der Waals surface area contributed by atoms with Gasteiger partial charge in [0.15, 0.2) is 5.13 Å². The van der Waals surface area contributed by atoms with E-state index in [2.05, 4.69) is 26.2 Å². The van der Waals surface area contributed by atoms with E-state index in [4.69, 9.17) is 0 Å². The van der Waals surface area contributed by atoms with Crippen LogP contribution in [0, 0.1) is 0 Å². The summed E-state index contributed by atoms with van der Waals surface area (Å²) in [5, 5.41) is 5.34. The van der Waals surface area contributed by atoms with Gasteiger partial charge in [-0.05, 0) is 37.1 Å². The summed E-state index contributed by atoms with van der Waals surface area (Å²) >= 11 is 4.81. The smallest absolute Gasteiger partial charge is 0.261 e. The third-order valence-electron chi connectivity index (χ3n) is 5.05. The molecule has 0 radical (unpaired) electrons. The fourth-order valence-electron chi connectivity index (χ4n) is 3.44. The lowest BCUT2D eigenvalue weighted by molar-refractivity contribution is -0.116. The van der Waals surface area contributed by atoms with E-state index in [1.807, 2.05) is 29.6 Å². The van der Waals surface area contributed by atoms with Crippen molar-refractivity contribution in [2.75, 3.05) is 11.9 Å². The van der Waals surface area contributed by atoms with Crippen molar-refractivity contribution >= 4 is 50.1 Å². The summed E-state index contributed by atoms with van der Waals surface area (Å²) in [5.74, 6) is -0.551. The van der Waals surface area contributed by atoms with Gasteiger partial charge in [-0.15, -0.1) is 11.3 Å². The summed E-state index contributed by atoms with van der Waals surface area (Å²) in [6, 6.07) is 14.7. The number of hydrogen-bond donors (Lipinski definition) is 1. The first-order valence-corrected chi connectivity index (χ1v) is 11.7. The molecule has 158 valence electrons. The number of imide groups is 1. The molecule has 0 saturated carbocycles. The summed E-state index contributed by atoms with van der Waals surface area (Å²) in [5.41, 5.74) is 2.76. The number of carbonyl (C=O) groups excluding carboxylic acids is 3. The Morgan fingerprint density at radius 3 is 2.32 bits per heavy atom. The molecule has 4 rings (SSSR count). The van der Waals surface area contributed by atoms with E-state index in [9.17, 15) is 14.4 Å². The number of nitrogens with zero attached hydrogens (tertiary/aromatic N) is 2. The zero-order valence-electron chi connectivity index (χ0n) is 16.6. The highest BCUT2D eigenvalue weighted by Gasteiger charge is 2.34. The van der Waals surface area contributed by atoms with Crippen LogP contribution in [0.4, 0.5) is 5.13 Å². The molecule has 31 heavy (non-hydrogen) atoms. The summed E-state index contributed by atoms with van der Waals surface area (Å²) in [7, 11) is 0. The topological polar surface area (TPSA) is 79.4 Å². The first-order chi connectivity index (χ1) is 15.0. The summed E-state index contributed by atoms with van der Waals surface area (Å²) in [6.07, 6.45) is 2.47. The van der Waals surface area contributed by atoms with Gasteiger partial charge in [0.05, 0.1) is 16.8 Å². The number of aromatic nitrogens is 1. The molecule has 1 N–H and O–H groups in total. The number of carbonyl (C=O) groups is 3. The van der Waals surface area contributed by atoms with Crippen LogP contribution in [0.5, 0.6) is 0 Å². The molecular weight excluding hydrogens is 478 g/mol. The number of halogens is 1. The Morgan fingerprint density at radius 1 is 0.968 bits per heavy atom. The summed E-state index contributed by atoms with van der Waals surface area (Å²) in [4.78, 5) is 42.6. The number of hydrogen-bond acceptors (Lipinski definition) is 5. The maximum absolute atomic E-state index is 12.3. The maximum Gasteiger partial charge on any atom is 0.261 e. The fraction of sp³-hybridized carbons (Fsp3) is 0.217. The molecule has 0 aliphatic carbocycles. The molecule has 1 aliphatic rings. The molecule has 3 aromatic rings. The van der Waals surface area contributed by atoms with Gasteiger partial charge in [0.25, 0.3) is 11.8 Å². The minimum Gasteiger partial charge on any atom is -0.302 e. The standard InChI is InChI=1S/C23H20BrN3O3S/c24-16-11-9-15(10-12-16)19-14-31-23(25-19)26-20(28)8-2-1-5-13-27-21(29)17-6-3-4-7-18(17)22(27)30/h3-4,6-7,9-12,14H,1-2,5,8,13H2,(H,25,26,28). The van der Waals surface area contributed by atoms with Crippen LogP contribution in [0.15, 0.2) is 58.4 Å². The van der Waals surface area contributed by atoms with Crippen molar-refractivity contribution in [3.8, 4) is 11.3 Å². The van der Waals surface area contributed by atoms with E-state index >= 15 is 0 Å². The second-order valence-electron chi connectivity index (χ2n) is 7.21. The second kappa shape index (κ2) is 9.53. The van der Waals surface area contributed by atoms with Crippen molar-refractivity contribution in [3.05, 3.63) is 69.5 Å². The van der Waals surface area contributed by atoms with Crippen molar-refractivity contribution in [2.24, 2.45) is 0 Å². The Labute approximate surface area is 192 Å². The molecule has 6 nitrogen and oxygen atoms in total. The molecule has 0 fully saturated rings. The van der Waals surface area contributed by atoms with Gasteiger partial charge >= 0.3 is 0 Å². The molecule has 0 spiro atoms. The monoisotopic (exact) mass is 497 g/mol. The van der Waals surface area contributed by atoms with Gasteiger partial charge in [-0.1, -0.05) is 46.6 Å². The Kier molecular flexibility index (Phi) is 6.58. The van der Waals surface area contributed by atoms with Crippen molar-refractivity contribution in [1.29, 1.82) is 0 Å². The maximum atomic E-state index is 12.3. The van der Waals surface area contributed by atoms with E-state index in [1.54, 1.807) is 24.3 Å². The quantitative estimate of drug-likeness (QED) is 0.335. The normalized spacial score (nSPS) is 12.9. The number of benzene rings is 2. The summed E-state index contributed by atoms with van der Waals surface area (Å²) < 4.78 is 1.00. The highest BCUT2D eigenvalue weighted by molar-refractivity contribution is 9.10. The van der Waals surface area contributed by atoms with E-state index in [1.165, 1.54) is 16.2 Å². The van der Waals surface area contributed by atoms with Gasteiger partial charge < -0.3 is 5.32 Å². The molecule has 8 heteroatoms. The van der Waals surface area contributed by atoms with Crippen LogP contribution in [0.3, 0.4) is 0 Å². The molecule has 0 saturated heterocycles. The summed E-state index contributed by atoms with van der Waals surface area (Å²) in [6.45, 7) is 0.372. The zero-order valence-corrected chi connectivity index (χ0v) is 19.0. The van der Waals surface area contributed by atoms with Crippen LogP contribution in [0.1, 0.15) is 46.4 Å². The van der Waals surface area contributed by atoms with Crippen LogP contribution >= 0.6 is 27.3 Å². The van der Waals surface area contributed by atoms with Crippen LogP contribution in [-0.4, -0.2) is 34.2 Å². The lowest BCUT2D eigenvalue weighted by atomic mass is 10.1. The number of unbranched alkanes of at least 4 members (excludes halogenated alkanes) is 2. The number of anilines is 1. The molecule has 1 aliphatic heterocycles. The highest BCUT2D eigenvalue weighted by Crippen LogP contribution is 2.26. The molecule has 2 aromatic carbocycles. The van der Waals surface area contributed by atoms with Crippen LogP contribution in [0.25, 0.3) is 11.3 Å². The van der Waals surface area contributed by atoms with Gasteiger partial charge in [-0.25, -0.2) is 4.98 Å². The molecule has 0 bridgehead atoms. The van der Waals surface area contributed by atoms with Crippen molar-refractivity contribution in [1.82, 2.24) is 9.88 Å². The molecule has 2 heterocycles. The molecule has 3 amide bonds. The van der Waals surface area contributed by atoms with Gasteiger partial charge in [0.1, 0.15) is 0 Å². The van der Waals surface area contributed by atoms with Crippen molar-refractivity contribution < 1.29 is 14.4 Å². The van der Waals surface area contributed by atoms with Crippen molar-refractivity contribution in [2.45, 2.75) is 25.7 Å². The third-order valence-corrected chi connectivity index (χ3v) is 6.34. The molecule has 0 unspecified atom stereocenters. The van der Waals surface area contributed by atoms with E-state index in [0.717, 1.165) is 22.2 Å². The Bertz CT molecular complexity index is 1090. The number of fused-ring (bicyclic) bond motifs is 1. The van der Waals surface area contributed by atoms with E-state index in [0.29, 0.717) is 42.1 Å². The van der Waals surface area contributed by atoms with Crippen LogP contribution in [0.2, 0.25) is 0 Å². The third kappa shape index (κ3) is 4.91. The number of amides is 3. The number of nitrogens with one attached hydrogen (secondary N) is 1. The SMILES string of the molecule is O=C(CCCCCN1C(=O)c2ccccc2C1=O)Nc1nc(-c2ccc(Br)cc2)cs1. The average molecular weight is 498 g/mol. The highest BCUT2D eigenvalue weighted by atomic mass is 79.9. The van der Waals surface area contributed by atoms with Crippen molar-refractivity contribution in [3.63, 3.8) is 0 Å². The van der Waals surface area contributed by atoms with Gasteiger partial charge in [0, 0.05) is 28.4 Å². The minimum atomic E-state index is -0.233. The number of rotatable bonds is 8. The average Bonchev–Trinajstić information content (AvgIpc) is 3.32. The first kappa shape index (κ1) is 21.4. The van der Waals surface area contributed by atoms with Crippen LogP contribution < -0.4 is 5.32 Å².